The Labute approximate surface area is 192 Å². The number of fused-ring (bicyclic) bond motifs is 2. The zero-order valence-corrected chi connectivity index (χ0v) is 19.0. The van der Waals surface area contributed by atoms with Gasteiger partial charge in [-0.15, -0.1) is 11.3 Å². The molecule has 164 valence electrons. The maximum Gasteiger partial charge on any atom is 0.126 e. The highest BCUT2D eigenvalue weighted by molar-refractivity contribution is 7.17. The predicted octanol–water partition coefficient (Wildman–Crippen LogP) is 6.44. The van der Waals surface area contributed by atoms with Gasteiger partial charge in [0.25, 0.3) is 0 Å². The van der Waals surface area contributed by atoms with Crippen molar-refractivity contribution in [1.29, 1.82) is 0 Å². The molecular formula is C27H28FN3S. The maximum atomic E-state index is 14.2. The first-order valence-corrected chi connectivity index (χ1v) is 12.6. The molecule has 2 aromatic heterocycles. The molecule has 0 amide bonds. The van der Waals surface area contributed by atoms with Crippen LogP contribution >= 0.6 is 11.3 Å². The maximum absolute atomic E-state index is 14.2. The lowest BCUT2D eigenvalue weighted by Crippen LogP contribution is -2.51. The van der Waals surface area contributed by atoms with Crippen molar-refractivity contribution in [3.63, 3.8) is 0 Å². The van der Waals surface area contributed by atoms with E-state index in [4.69, 9.17) is 0 Å². The van der Waals surface area contributed by atoms with Crippen molar-refractivity contribution in [2.75, 3.05) is 31.1 Å². The minimum absolute atomic E-state index is 0.179. The van der Waals surface area contributed by atoms with Gasteiger partial charge in [0.1, 0.15) is 5.82 Å². The minimum Gasteiger partial charge on any atom is -0.367 e. The highest BCUT2D eigenvalue weighted by atomic mass is 32.1. The number of halogens is 1. The number of hydrogen-bond acceptors (Lipinski definition) is 4. The van der Waals surface area contributed by atoms with Gasteiger partial charge in [-0.3, -0.25) is 9.88 Å². The van der Waals surface area contributed by atoms with Crippen molar-refractivity contribution in [2.24, 2.45) is 0 Å². The molecule has 0 radical (unpaired) electrons. The smallest absolute Gasteiger partial charge is 0.126 e. The number of piperazine rings is 1. The molecule has 0 spiro atoms. The van der Waals surface area contributed by atoms with Crippen LogP contribution in [0, 0.1) is 5.82 Å². The normalized spacial score (nSPS) is 22.6. The quantitative estimate of drug-likeness (QED) is 0.362. The van der Waals surface area contributed by atoms with Crippen LogP contribution in [-0.2, 0) is 0 Å². The van der Waals surface area contributed by atoms with Gasteiger partial charge in [-0.1, -0.05) is 24.3 Å². The van der Waals surface area contributed by atoms with E-state index in [1.807, 2.05) is 23.5 Å². The lowest BCUT2D eigenvalue weighted by molar-refractivity contribution is 0.141. The number of nitrogens with zero attached hydrogens (tertiary/aromatic N) is 3. The number of benzene rings is 2. The molecule has 2 aromatic carbocycles. The van der Waals surface area contributed by atoms with Crippen molar-refractivity contribution in [1.82, 2.24) is 9.88 Å². The fraction of sp³-hybridized carbons (Fsp3) is 0.370. The molecule has 2 fully saturated rings. The topological polar surface area (TPSA) is 19.4 Å². The van der Waals surface area contributed by atoms with Crippen LogP contribution in [0.1, 0.15) is 37.2 Å². The van der Waals surface area contributed by atoms with Crippen molar-refractivity contribution >= 4 is 38.0 Å². The molecule has 6 rings (SSSR count). The Morgan fingerprint density at radius 1 is 0.906 bits per heavy atom. The summed E-state index contributed by atoms with van der Waals surface area (Å²) < 4.78 is 15.6. The summed E-state index contributed by atoms with van der Waals surface area (Å²) in [6, 6.07) is 16.6. The average Bonchev–Trinajstić information content (AvgIpc) is 3.28. The van der Waals surface area contributed by atoms with Crippen LogP contribution in [-0.4, -0.2) is 42.1 Å². The second-order valence-corrected chi connectivity index (χ2v) is 10.1. The zero-order chi connectivity index (χ0) is 21.5. The van der Waals surface area contributed by atoms with Crippen LogP contribution in [0.25, 0.3) is 21.0 Å². The van der Waals surface area contributed by atoms with Crippen molar-refractivity contribution < 1.29 is 4.39 Å². The standard InChI is InChI=1S/C27H28FN3S/c28-21-16-20-4-3-11-29-27(20)25(17-21)31-14-12-30(13-15-31)22-9-7-19(8-10-22)24-18-32-26-6-2-1-5-23(24)26/h1-6,11,16-19,22H,7-10,12-15H2/t19-,22+. The third-order valence-electron chi connectivity index (χ3n) is 7.47. The van der Waals surface area contributed by atoms with Crippen molar-refractivity contribution in [2.45, 2.75) is 37.6 Å². The summed E-state index contributed by atoms with van der Waals surface area (Å²) in [7, 11) is 0. The molecule has 0 N–H and O–H groups in total. The summed E-state index contributed by atoms with van der Waals surface area (Å²) >= 11 is 1.89. The molecule has 0 bridgehead atoms. The van der Waals surface area contributed by atoms with E-state index in [9.17, 15) is 4.39 Å². The third-order valence-corrected chi connectivity index (χ3v) is 8.45. The van der Waals surface area contributed by atoms with E-state index in [0.29, 0.717) is 12.0 Å². The number of rotatable bonds is 3. The van der Waals surface area contributed by atoms with Gasteiger partial charge in [-0.2, -0.15) is 0 Å². The highest BCUT2D eigenvalue weighted by Crippen LogP contribution is 2.40. The molecule has 5 heteroatoms. The van der Waals surface area contributed by atoms with Crippen LogP contribution in [0.5, 0.6) is 0 Å². The summed E-state index contributed by atoms with van der Waals surface area (Å²) in [5.74, 6) is 0.524. The van der Waals surface area contributed by atoms with E-state index in [-0.39, 0.29) is 5.82 Å². The molecule has 4 aromatic rings. The number of pyridine rings is 1. The average molecular weight is 446 g/mol. The summed E-state index contributed by atoms with van der Waals surface area (Å²) in [6.07, 6.45) is 6.92. The second kappa shape index (κ2) is 8.45. The van der Waals surface area contributed by atoms with Gasteiger partial charge in [-0.25, -0.2) is 4.39 Å². The van der Waals surface area contributed by atoms with Crippen molar-refractivity contribution in [3.8, 4) is 0 Å². The fourth-order valence-corrected chi connectivity index (χ4v) is 6.82. The van der Waals surface area contributed by atoms with Gasteiger partial charge in [0.2, 0.25) is 0 Å². The Bertz CT molecular complexity index is 1240. The Hall–Kier alpha value is -2.50. The molecule has 1 aliphatic heterocycles. The van der Waals surface area contributed by atoms with Crippen molar-refractivity contribution in [3.05, 3.63) is 71.5 Å². The molecule has 3 heterocycles. The molecular weight excluding hydrogens is 417 g/mol. The molecule has 32 heavy (non-hydrogen) atoms. The van der Waals surface area contributed by atoms with Crippen LogP contribution in [0.15, 0.2) is 60.1 Å². The second-order valence-electron chi connectivity index (χ2n) is 9.22. The van der Waals surface area contributed by atoms with Gasteiger partial charge in [-0.05, 0) is 72.2 Å². The monoisotopic (exact) mass is 445 g/mol. The van der Waals surface area contributed by atoms with Gasteiger partial charge in [0.05, 0.1) is 11.2 Å². The summed E-state index contributed by atoms with van der Waals surface area (Å²) in [5, 5.41) is 4.74. The first-order chi connectivity index (χ1) is 15.8. The highest BCUT2D eigenvalue weighted by Gasteiger charge is 2.30. The van der Waals surface area contributed by atoms with E-state index >= 15 is 0 Å². The van der Waals surface area contributed by atoms with Gasteiger partial charge < -0.3 is 4.90 Å². The Morgan fingerprint density at radius 3 is 2.56 bits per heavy atom. The molecule has 1 saturated heterocycles. The van der Waals surface area contributed by atoms with E-state index in [1.165, 1.54) is 35.8 Å². The number of hydrogen-bond donors (Lipinski definition) is 0. The molecule has 0 unspecified atom stereocenters. The van der Waals surface area contributed by atoms with Crippen LogP contribution in [0.4, 0.5) is 10.1 Å². The fourth-order valence-electron chi connectivity index (χ4n) is 5.77. The zero-order valence-electron chi connectivity index (χ0n) is 18.2. The summed E-state index contributed by atoms with van der Waals surface area (Å²) in [4.78, 5) is 9.53. The van der Waals surface area contributed by atoms with Crippen LogP contribution < -0.4 is 4.90 Å². The lowest BCUT2D eigenvalue weighted by Gasteiger charge is -2.42. The molecule has 2 aliphatic rings. The first kappa shape index (κ1) is 20.1. The van der Waals surface area contributed by atoms with Crippen LogP contribution in [0.3, 0.4) is 0 Å². The van der Waals surface area contributed by atoms with E-state index in [2.05, 4.69) is 44.4 Å². The van der Waals surface area contributed by atoms with Gasteiger partial charge in [0, 0.05) is 48.5 Å². The molecule has 1 aliphatic carbocycles. The van der Waals surface area contributed by atoms with E-state index < -0.39 is 0 Å². The molecule has 3 nitrogen and oxygen atoms in total. The number of anilines is 1. The van der Waals surface area contributed by atoms with Crippen LogP contribution in [0.2, 0.25) is 0 Å². The van der Waals surface area contributed by atoms with E-state index in [1.54, 1.807) is 23.9 Å². The van der Waals surface area contributed by atoms with Gasteiger partial charge in [0.15, 0.2) is 0 Å². The van der Waals surface area contributed by atoms with E-state index in [0.717, 1.165) is 42.8 Å². The first-order valence-electron chi connectivity index (χ1n) is 11.8. The molecule has 1 saturated carbocycles. The largest absolute Gasteiger partial charge is 0.367 e. The molecule has 0 atom stereocenters. The third kappa shape index (κ3) is 3.67. The minimum atomic E-state index is -0.179. The van der Waals surface area contributed by atoms with Gasteiger partial charge >= 0.3 is 0 Å². The summed E-state index contributed by atoms with van der Waals surface area (Å²) in [5.41, 5.74) is 3.42. The summed E-state index contributed by atoms with van der Waals surface area (Å²) in [6.45, 7) is 3.96. The SMILES string of the molecule is Fc1cc(N2CCN([C@H]3CC[C@@H](c4csc5ccccc54)CC3)CC2)c2ncccc2c1. The Balaban J connectivity index is 1.10. The Kier molecular flexibility index (Phi) is 5.32. The predicted molar refractivity (Wildman–Crippen MR) is 132 cm³/mol. The lowest BCUT2D eigenvalue weighted by atomic mass is 9.81. The number of thiophene rings is 1. The Morgan fingerprint density at radius 2 is 1.72 bits per heavy atom. The number of aromatic nitrogens is 1.